The van der Waals surface area contributed by atoms with Crippen LogP contribution in [0.15, 0.2) is 10.5 Å². The summed E-state index contributed by atoms with van der Waals surface area (Å²) in [5, 5.41) is 3.16. The maximum atomic E-state index is 11.4. The molecule has 0 saturated heterocycles. The highest BCUT2D eigenvalue weighted by molar-refractivity contribution is 5.90. The zero-order chi connectivity index (χ0) is 14.6. The van der Waals surface area contributed by atoms with Crippen LogP contribution in [0.25, 0.3) is 0 Å². The Kier molecular flexibility index (Phi) is 4.72. The van der Waals surface area contributed by atoms with E-state index in [1.165, 1.54) is 7.11 Å². The Morgan fingerprint density at radius 2 is 2.11 bits per heavy atom. The number of furan rings is 1. The van der Waals surface area contributed by atoms with E-state index < -0.39 is 11.5 Å². The lowest BCUT2D eigenvalue weighted by atomic mass is 10.0. The number of aryl methyl sites for hydroxylation is 1. The number of hydrogen-bond acceptors (Lipinski definition) is 5. The lowest BCUT2D eigenvalue weighted by Gasteiger charge is -2.24. The largest absolute Gasteiger partial charge is 0.465 e. The first-order chi connectivity index (χ1) is 8.75. The van der Waals surface area contributed by atoms with Gasteiger partial charge in [0, 0.05) is 12.0 Å². The second-order valence-electron chi connectivity index (χ2n) is 5.05. The van der Waals surface area contributed by atoms with E-state index in [0.29, 0.717) is 23.6 Å². The third kappa shape index (κ3) is 4.40. The number of ether oxygens (including phenoxy) is 1. The Bertz CT molecular complexity index is 477. The Morgan fingerprint density at radius 1 is 1.47 bits per heavy atom. The molecule has 0 unspecified atom stereocenters. The van der Waals surface area contributed by atoms with Crippen molar-refractivity contribution in [3.63, 3.8) is 0 Å². The molecule has 106 valence electrons. The van der Waals surface area contributed by atoms with Gasteiger partial charge in [0.05, 0.1) is 13.7 Å². The van der Waals surface area contributed by atoms with Gasteiger partial charge < -0.3 is 20.2 Å². The molecule has 6 nitrogen and oxygen atoms in total. The number of nitrogens with one attached hydrogen (secondary N) is 1. The fourth-order valence-electron chi connectivity index (χ4n) is 1.77. The van der Waals surface area contributed by atoms with Crippen LogP contribution in [0, 0.1) is 6.92 Å². The predicted octanol–water partition coefficient (Wildman–Crippen LogP) is 1.12. The van der Waals surface area contributed by atoms with E-state index in [4.69, 9.17) is 10.2 Å². The summed E-state index contributed by atoms with van der Waals surface area (Å²) < 4.78 is 10.1. The molecular weight excluding hydrogens is 248 g/mol. The molecule has 0 fully saturated rings. The molecule has 6 heteroatoms. The van der Waals surface area contributed by atoms with Crippen LogP contribution in [0.5, 0.6) is 0 Å². The van der Waals surface area contributed by atoms with Crippen molar-refractivity contribution in [2.75, 3.05) is 7.11 Å². The molecule has 0 aliphatic heterocycles. The topological polar surface area (TPSA) is 94.6 Å². The summed E-state index contributed by atoms with van der Waals surface area (Å²) in [6, 6.07) is 1.63. The van der Waals surface area contributed by atoms with Crippen molar-refractivity contribution in [1.82, 2.24) is 5.32 Å². The Morgan fingerprint density at radius 3 is 2.63 bits per heavy atom. The van der Waals surface area contributed by atoms with Crippen LogP contribution in [0.1, 0.15) is 42.1 Å². The number of esters is 1. The van der Waals surface area contributed by atoms with Gasteiger partial charge in [-0.1, -0.05) is 0 Å². The average molecular weight is 268 g/mol. The maximum Gasteiger partial charge on any atom is 0.341 e. The minimum absolute atomic E-state index is 0.219. The zero-order valence-electron chi connectivity index (χ0n) is 11.7. The van der Waals surface area contributed by atoms with Gasteiger partial charge in [-0.25, -0.2) is 4.79 Å². The molecule has 1 aromatic rings. The van der Waals surface area contributed by atoms with Crippen molar-refractivity contribution in [2.24, 2.45) is 5.73 Å². The van der Waals surface area contributed by atoms with Crippen molar-refractivity contribution < 1.29 is 18.7 Å². The van der Waals surface area contributed by atoms with E-state index in [1.807, 2.05) is 13.8 Å². The summed E-state index contributed by atoms with van der Waals surface area (Å²) in [5.74, 6) is 0.319. The Balaban J connectivity index is 2.69. The highest BCUT2D eigenvalue weighted by atomic mass is 16.5. The van der Waals surface area contributed by atoms with Crippen molar-refractivity contribution in [3.8, 4) is 0 Å². The monoisotopic (exact) mass is 268 g/mol. The number of carbonyl (C=O) groups excluding carboxylic acids is 2. The summed E-state index contributed by atoms with van der Waals surface area (Å²) in [7, 11) is 1.32. The van der Waals surface area contributed by atoms with E-state index in [1.54, 1.807) is 13.0 Å². The van der Waals surface area contributed by atoms with E-state index in [2.05, 4.69) is 10.1 Å². The predicted molar refractivity (Wildman–Crippen MR) is 69.5 cm³/mol. The van der Waals surface area contributed by atoms with Crippen LogP contribution in [0.4, 0.5) is 0 Å². The molecule has 0 atom stereocenters. The van der Waals surface area contributed by atoms with Gasteiger partial charge in [-0.05, 0) is 26.8 Å². The summed E-state index contributed by atoms with van der Waals surface area (Å²) in [6.07, 6.45) is 0.219. The fraction of sp³-hybridized carbons (Fsp3) is 0.538. The van der Waals surface area contributed by atoms with Gasteiger partial charge in [0.15, 0.2) is 0 Å². The van der Waals surface area contributed by atoms with Gasteiger partial charge in [-0.3, -0.25) is 4.79 Å². The molecule has 19 heavy (non-hydrogen) atoms. The fourth-order valence-corrected chi connectivity index (χ4v) is 1.77. The molecule has 1 rings (SSSR count). The second kappa shape index (κ2) is 5.88. The van der Waals surface area contributed by atoms with Crippen LogP contribution in [0.3, 0.4) is 0 Å². The molecule has 0 aromatic carbocycles. The molecule has 0 aliphatic rings. The lowest BCUT2D eigenvalue weighted by Crippen LogP contribution is -2.42. The standard InChI is InChI=1S/C13H20N2O4/c1-8-10(12(17)18-4)5-9(19-8)7-15-13(2,3)6-11(14)16/h5,15H,6-7H2,1-4H3,(H2,14,16). The summed E-state index contributed by atoms with van der Waals surface area (Å²) in [5.41, 5.74) is 5.15. The van der Waals surface area contributed by atoms with Crippen LogP contribution in [0.2, 0.25) is 0 Å². The molecule has 0 bridgehead atoms. The number of hydrogen-bond donors (Lipinski definition) is 2. The molecule has 0 aliphatic carbocycles. The lowest BCUT2D eigenvalue weighted by molar-refractivity contribution is -0.119. The normalized spacial score (nSPS) is 11.4. The van der Waals surface area contributed by atoms with Crippen molar-refractivity contribution in [3.05, 3.63) is 23.2 Å². The second-order valence-corrected chi connectivity index (χ2v) is 5.05. The highest BCUT2D eigenvalue weighted by Gasteiger charge is 2.21. The first-order valence-electron chi connectivity index (χ1n) is 5.96. The molecular formula is C13H20N2O4. The molecule has 0 saturated carbocycles. The van der Waals surface area contributed by atoms with E-state index in [-0.39, 0.29) is 12.3 Å². The van der Waals surface area contributed by atoms with Gasteiger partial charge in [-0.2, -0.15) is 0 Å². The third-order valence-corrected chi connectivity index (χ3v) is 2.73. The third-order valence-electron chi connectivity index (χ3n) is 2.73. The number of amides is 1. The van der Waals surface area contributed by atoms with Crippen molar-refractivity contribution in [2.45, 2.75) is 39.3 Å². The molecule has 3 N–H and O–H groups in total. The maximum absolute atomic E-state index is 11.4. The Labute approximate surface area is 112 Å². The number of carbonyl (C=O) groups is 2. The highest BCUT2D eigenvalue weighted by Crippen LogP contribution is 2.17. The summed E-state index contributed by atoms with van der Waals surface area (Å²) in [4.78, 5) is 22.3. The molecule has 1 aromatic heterocycles. The van der Waals surface area contributed by atoms with Gasteiger partial charge in [0.25, 0.3) is 0 Å². The Hall–Kier alpha value is -1.82. The van der Waals surface area contributed by atoms with Gasteiger partial charge in [0.1, 0.15) is 17.1 Å². The van der Waals surface area contributed by atoms with Crippen molar-refractivity contribution in [1.29, 1.82) is 0 Å². The van der Waals surface area contributed by atoms with Gasteiger partial charge in [0.2, 0.25) is 5.91 Å². The van der Waals surface area contributed by atoms with Crippen LogP contribution >= 0.6 is 0 Å². The van der Waals surface area contributed by atoms with Crippen LogP contribution in [-0.2, 0) is 16.1 Å². The zero-order valence-corrected chi connectivity index (χ0v) is 11.7. The van der Waals surface area contributed by atoms with E-state index in [9.17, 15) is 9.59 Å². The molecule has 0 radical (unpaired) electrons. The van der Waals surface area contributed by atoms with E-state index >= 15 is 0 Å². The van der Waals surface area contributed by atoms with Gasteiger partial charge >= 0.3 is 5.97 Å². The number of primary amides is 1. The molecule has 1 heterocycles. The van der Waals surface area contributed by atoms with Crippen LogP contribution < -0.4 is 11.1 Å². The van der Waals surface area contributed by atoms with Crippen molar-refractivity contribution >= 4 is 11.9 Å². The number of nitrogens with two attached hydrogens (primary N) is 1. The molecule has 1 amide bonds. The SMILES string of the molecule is COC(=O)c1cc(CNC(C)(C)CC(N)=O)oc1C. The smallest absolute Gasteiger partial charge is 0.341 e. The first kappa shape index (κ1) is 15.2. The number of methoxy groups -OCH3 is 1. The van der Waals surface area contributed by atoms with Crippen LogP contribution in [-0.4, -0.2) is 24.5 Å². The van der Waals surface area contributed by atoms with E-state index in [0.717, 1.165) is 0 Å². The minimum atomic E-state index is -0.433. The number of rotatable bonds is 6. The molecule has 0 spiro atoms. The first-order valence-corrected chi connectivity index (χ1v) is 5.96. The quantitative estimate of drug-likeness (QED) is 0.754. The summed E-state index contributed by atoms with van der Waals surface area (Å²) >= 11 is 0. The average Bonchev–Trinajstić information content (AvgIpc) is 2.65. The van der Waals surface area contributed by atoms with Gasteiger partial charge in [-0.15, -0.1) is 0 Å². The minimum Gasteiger partial charge on any atom is -0.465 e. The summed E-state index contributed by atoms with van der Waals surface area (Å²) in [6.45, 7) is 5.84.